The molecule has 2 aromatic heterocycles. The predicted molar refractivity (Wildman–Crippen MR) is 90.0 cm³/mol. The maximum Gasteiger partial charge on any atom is 0.250 e. The van der Waals surface area contributed by atoms with E-state index in [4.69, 9.17) is 0 Å². The molecule has 116 valence electrons. The maximum absolute atomic E-state index is 12.3. The zero-order valence-electron chi connectivity index (χ0n) is 13.1. The highest BCUT2D eigenvalue weighted by molar-refractivity contribution is 5.92. The Hall–Kier alpha value is -2.95. The number of carbonyl (C=O) groups is 1. The summed E-state index contributed by atoms with van der Waals surface area (Å²) in [7, 11) is 0. The van der Waals surface area contributed by atoms with E-state index < -0.39 is 6.04 Å². The summed E-state index contributed by atoms with van der Waals surface area (Å²) in [5.41, 5.74) is 3.11. The molecule has 0 unspecified atom stereocenters. The summed E-state index contributed by atoms with van der Waals surface area (Å²) in [6.45, 7) is 3.77. The molecule has 0 saturated carbocycles. The zero-order valence-corrected chi connectivity index (χ0v) is 13.1. The van der Waals surface area contributed by atoms with Crippen LogP contribution in [0.25, 0.3) is 11.1 Å². The lowest BCUT2D eigenvalue weighted by atomic mass is 10.1. The molecule has 3 aromatic rings. The van der Waals surface area contributed by atoms with Crippen molar-refractivity contribution in [1.29, 1.82) is 0 Å². The summed E-state index contributed by atoms with van der Waals surface area (Å²) >= 11 is 0. The molecule has 2 heterocycles. The first-order valence-corrected chi connectivity index (χ1v) is 7.46. The molecule has 0 aliphatic carbocycles. The van der Waals surface area contributed by atoms with Gasteiger partial charge in [-0.3, -0.25) is 9.48 Å². The van der Waals surface area contributed by atoms with E-state index in [-0.39, 0.29) is 5.91 Å². The van der Waals surface area contributed by atoms with Crippen LogP contribution in [0.2, 0.25) is 0 Å². The molecular weight excluding hydrogens is 288 g/mol. The SMILES string of the molecule is Cc1ccc(NC(=O)[C@H](C)n2cc(-c3ccccc3)cn2)nc1. The first-order valence-electron chi connectivity index (χ1n) is 7.46. The highest BCUT2D eigenvalue weighted by Gasteiger charge is 2.16. The van der Waals surface area contributed by atoms with Crippen molar-refractivity contribution >= 4 is 11.7 Å². The molecule has 23 heavy (non-hydrogen) atoms. The maximum atomic E-state index is 12.3. The minimum Gasteiger partial charge on any atom is -0.309 e. The van der Waals surface area contributed by atoms with Gasteiger partial charge in [0.1, 0.15) is 11.9 Å². The van der Waals surface area contributed by atoms with E-state index in [0.29, 0.717) is 5.82 Å². The molecule has 5 heteroatoms. The molecular formula is C18H18N4O. The van der Waals surface area contributed by atoms with Gasteiger partial charge in [-0.15, -0.1) is 0 Å². The third-order valence-electron chi connectivity index (χ3n) is 3.65. The second kappa shape index (κ2) is 6.44. The Morgan fingerprint density at radius 2 is 1.87 bits per heavy atom. The molecule has 0 aliphatic heterocycles. The molecule has 0 saturated heterocycles. The van der Waals surface area contributed by atoms with Crippen LogP contribution in [0.3, 0.4) is 0 Å². The van der Waals surface area contributed by atoms with E-state index in [2.05, 4.69) is 15.4 Å². The molecule has 1 aromatic carbocycles. The molecule has 3 rings (SSSR count). The van der Waals surface area contributed by atoms with E-state index in [1.54, 1.807) is 23.1 Å². The number of aromatic nitrogens is 3. The molecule has 1 amide bonds. The minimum atomic E-state index is -0.421. The Morgan fingerprint density at radius 1 is 1.09 bits per heavy atom. The average Bonchev–Trinajstić information content (AvgIpc) is 3.07. The summed E-state index contributed by atoms with van der Waals surface area (Å²) in [6, 6.07) is 13.2. The van der Waals surface area contributed by atoms with Crippen LogP contribution < -0.4 is 5.32 Å². The normalized spacial score (nSPS) is 11.9. The van der Waals surface area contributed by atoms with E-state index in [0.717, 1.165) is 16.7 Å². The molecule has 0 fully saturated rings. The number of amides is 1. The number of aryl methyl sites for hydroxylation is 1. The van der Waals surface area contributed by atoms with Gasteiger partial charge in [-0.25, -0.2) is 4.98 Å². The fraction of sp³-hybridized carbons (Fsp3) is 0.167. The van der Waals surface area contributed by atoms with Gasteiger partial charge < -0.3 is 5.32 Å². The van der Waals surface area contributed by atoms with Crippen molar-refractivity contribution < 1.29 is 4.79 Å². The minimum absolute atomic E-state index is 0.149. The first-order chi connectivity index (χ1) is 11.1. The van der Waals surface area contributed by atoms with Crippen LogP contribution in [-0.2, 0) is 4.79 Å². The topological polar surface area (TPSA) is 59.8 Å². The molecule has 0 radical (unpaired) electrons. The lowest BCUT2D eigenvalue weighted by Crippen LogP contribution is -2.24. The van der Waals surface area contributed by atoms with Crippen molar-refractivity contribution in [2.24, 2.45) is 0 Å². The van der Waals surface area contributed by atoms with Crippen molar-refractivity contribution in [1.82, 2.24) is 14.8 Å². The second-order valence-electron chi connectivity index (χ2n) is 5.46. The van der Waals surface area contributed by atoms with Crippen molar-refractivity contribution in [2.75, 3.05) is 5.32 Å². The second-order valence-corrected chi connectivity index (χ2v) is 5.46. The van der Waals surface area contributed by atoms with Crippen LogP contribution in [0.4, 0.5) is 5.82 Å². The molecule has 0 bridgehead atoms. The Kier molecular flexibility index (Phi) is 4.19. The Morgan fingerprint density at radius 3 is 2.57 bits per heavy atom. The number of hydrogen-bond acceptors (Lipinski definition) is 3. The van der Waals surface area contributed by atoms with Gasteiger partial charge in [-0.1, -0.05) is 36.4 Å². The third-order valence-corrected chi connectivity index (χ3v) is 3.65. The van der Waals surface area contributed by atoms with Crippen LogP contribution in [0.1, 0.15) is 18.5 Å². The molecule has 5 nitrogen and oxygen atoms in total. The van der Waals surface area contributed by atoms with Crippen LogP contribution in [-0.4, -0.2) is 20.7 Å². The summed E-state index contributed by atoms with van der Waals surface area (Å²) in [5, 5.41) is 7.11. The molecule has 1 atom stereocenters. The molecule has 0 aliphatic rings. The summed E-state index contributed by atoms with van der Waals surface area (Å²) in [4.78, 5) is 16.5. The van der Waals surface area contributed by atoms with Gasteiger partial charge in [-0.2, -0.15) is 5.10 Å². The zero-order chi connectivity index (χ0) is 16.2. The molecule has 1 N–H and O–H groups in total. The number of rotatable bonds is 4. The van der Waals surface area contributed by atoms with Crippen molar-refractivity contribution in [3.05, 3.63) is 66.6 Å². The lowest BCUT2D eigenvalue weighted by Gasteiger charge is -2.12. The Balaban J connectivity index is 1.72. The van der Waals surface area contributed by atoms with Crippen LogP contribution in [0.5, 0.6) is 0 Å². The number of hydrogen-bond donors (Lipinski definition) is 1. The van der Waals surface area contributed by atoms with E-state index in [9.17, 15) is 4.79 Å². The fourth-order valence-electron chi connectivity index (χ4n) is 2.22. The molecule has 0 spiro atoms. The fourth-order valence-corrected chi connectivity index (χ4v) is 2.22. The van der Waals surface area contributed by atoms with E-state index in [1.165, 1.54) is 0 Å². The number of anilines is 1. The third kappa shape index (κ3) is 3.45. The summed E-state index contributed by atoms with van der Waals surface area (Å²) in [6.07, 6.45) is 5.37. The Bertz CT molecular complexity index is 793. The number of nitrogens with one attached hydrogen (secondary N) is 1. The Labute approximate surface area is 135 Å². The number of carbonyl (C=O) groups excluding carboxylic acids is 1. The van der Waals surface area contributed by atoms with Crippen LogP contribution in [0.15, 0.2) is 61.1 Å². The smallest absolute Gasteiger partial charge is 0.250 e. The highest BCUT2D eigenvalue weighted by atomic mass is 16.2. The quantitative estimate of drug-likeness (QED) is 0.803. The summed E-state index contributed by atoms with van der Waals surface area (Å²) < 4.78 is 1.66. The predicted octanol–water partition coefficient (Wildman–Crippen LogP) is 3.45. The van der Waals surface area contributed by atoms with Gasteiger partial charge in [0.15, 0.2) is 0 Å². The van der Waals surface area contributed by atoms with Gasteiger partial charge >= 0.3 is 0 Å². The van der Waals surface area contributed by atoms with E-state index in [1.807, 2.05) is 56.4 Å². The van der Waals surface area contributed by atoms with Crippen molar-refractivity contribution in [2.45, 2.75) is 19.9 Å². The summed E-state index contributed by atoms with van der Waals surface area (Å²) in [5.74, 6) is 0.395. The first kappa shape index (κ1) is 15.0. The largest absolute Gasteiger partial charge is 0.309 e. The monoisotopic (exact) mass is 306 g/mol. The van der Waals surface area contributed by atoms with Gasteiger partial charge in [-0.05, 0) is 31.0 Å². The van der Waals surface area contributed by atoms with E-state index >= 15 is 0 Å². The van der Waals surface area contributed by atoms with Gasteiger partial charge in [0, 0.05) is 18.0 Å². The average molecular weight is 306 g/mol. The van der Waals surface area contributed by atoms with Crippen molar-refractivity contribution in [3.8, 4) is 11.1 Å². The van der Waals surface area contributed by atoms with Crippen molar-refractivity contribution in [3.63, 3.8) is 0 Å². The van der Waals surface area contributed by atoms with Gasteiger partial charge in [0.25, 0.3) is 0 Å². The highest BCUT2D eigenvalue weighted by Crippen LogP contribution is 2.20. The number of pyridine rings is 1. The van der Waals surface area contributed by atoms with Crippen LogP contribution in [0, 0.1) is 6.92 Å². The van der Waals surface area contributed by atoms with Crippen LogP contribution >= 0.6 is 0 Å². The number of nitrogens with zero attached hydrogens (tertiary/aromatic N) is 3. The lowest BCUT2D eigenvalue weighted by molar-refractivity contribution is -0.119. The number of benzene rings is 1. The van der Waals surface area contributed by atoms with Gasteiger partial charge in [0.05, 0.1) is 6.20 Å². The standard InChI is InChI=1S/C18H18N4O/c1-13-8-9-17(19-10-13)21-18(23)14(2)22-12-16(11-20-22)15-6-4-3-5-7-15/h3-12,14H,1-2H3,(H,19,21,23)/t14-/m0/s1. The van der Waals surface area contributed by atoms with Gasteiger partial charge in [0.2, 0.25) is 5.91 Å².